The maximum absolute atomic E-state index is 11.1. The Hall–Kier alpha value is -0.310. The minimum Gasteiger partial charge on any atom is -0.264 e. The van der Waals surface area contributed by atoms with Crippen molar-refractivity contribution in [3.63, 3.8) is 0 Å². The first-order valence-corrected chi connectivity index (χ1v) is 8.45. The highest BCUT2D eigenvalue weighted by molar-refractivity contribution is 7.91. The van der Waals surface area contributed by atoms with Crippen molar-refractivity contribution in [2.45, 2.75) is 12.2 Å². The van der Waals surface area contributed by atoms with E-state index in [9.17, 15) is 25.3 Å². The second-order valence-electron chi connectivity index (χ2n) is 3.20. The summed E-state index contributed by atoms with van der Waals surface area (Å²) in [6.07, 6.45) is -3.48. The Morgan fingerprint density at radius 3 is 1.41 bits per heavy atom. The van der Waals surface area contributed by atoms with E-state index in [4.69, 9.17) is 9.11 Å². The van der Waals surface area contributed by atoms with Gasteiger partial charge in [-0.3, -0.25) is 9.11 Å². The first kappa shape index (κ1) is 14.7. The van der Waals surface area contributed by atoms with E-state index in [0.717, 1.165) is 0 Å². The molecule has 0 aromatic rings. The van der Waals surface area contributed by atoms with Crippen LogP contribution >= 0.6 is 0 Å². The van der Waals surface area contributed by atoms with Gasteiger partial charge in [-0.15, -0.1) is 0 Å². The number of hydrogen-bond donors (Lipinski definition) is 2. The van der Waals surface area contributed by atoms with Crippen LogP contribution in [-0.2, 0) is 39.0 Å². The lowest BCUT2D eigenvalue weighted by Gasteiger charge is -2.14. The quantitative estimate of drug-likeness (QED) is 0.544. The minimum atomic E-state index is -4.97. The second-order valence-corrected chi connectivity index (χ2v) is 7.45. The number of hydrogen-bond acceptors (Lipinski definition) is 8. The van der Waals surface area contributed by atoms with E-state index in [-0.39, 0.29) is 0 Å². The molecule has 0 unspecified atom stereocenters. The van der Waals surface area contributed by atoms with Gasteiger partial charge < -0.3 is 0 Å². The Kier molecular flexibility index (Phi) is 3.83. The van der Waals surface area contributed by atoms with Gasteiger partial charge in [-0.25, -0.2) is 16.8 Å². The average molecular weight is 312 g/mol. The van der Waals surface area contributed by atoms with Gasteiger partial charge >= 0.3 is 20.8 Å². The Labute approximate surface area is 97.4 Å². The molecule has 1 saturated heterocycles. The van der Waals surface area contributed by atoms with Gasteiger partial charge in [0, 0.05) is 0 Å². The molecule has 0 bridgehead atoms. The van der Waals surface area contributed by atoms with Crippen LogP contribution in [0.1, 0.15) is 0 Å². The molecule has 1 fully saturated rings. The molecule has 17 heavy (non-hydrogen) atoms. The third-order valence-corrected chi connectivity index (χ3v) is 4.40. The summed E-state index contributed by atoms with van der Waals surface area (Å²) < 4.78 is 88.3. The van der Waals surface area contributed by atoms with Crippen molar-refractivity contribution in [2.24, 2.45) is 0 Å². The molecule has 1 aliphatic rings. The van der Waals surface area contributed by atoms with Crippen molar-refractivity contribution in [3.05, 3.63) is 0 Å². The lowest BCUT2D eigenvalue weighted by Crippen LogP contribution is -2.33. The van der Waals surface area contributed by atoms with Crippen LogP contribution in [0.3, 0.4) is 0 Å². The van der Waals surface area contributed by atoms with Crippen LogP contribution in [0.15, 0.2) is 0 Å². The standard InChI is InChI=1S/C4H8O10S3/c5-15(6)1-3(13-16(7,8)9)4(2-15)14-17(10,11)12/h3-4H,1-2H2,(H,7,8,9)(H,10,11,12)/t3-,4+. The monoisotopic (exact) mass is 312 g/mol. The summed E-state index contributed by atoms with van der Waals surface area (Å²) in [4.78, 5) is 0. The van der Waals surface area contributed by atoms with Gasteiger partial charge in [-0.05, 0) is 0 Å². The van der Waals surface area contributed by atoms with Crippen LogP contribution in [0.4, 0.5) is 0 Å². The fourth-order valence-corrected chi connectivity index (χ4v) is 4.16. The van der Waals surface area contributed by atoms with Gasteiger partial charge in [0.1, 0.15) is 12.2 Å². The zero-order valence-electron chi connectivity index (χ0n) is 7.95. The van der Waals surface area contributed by atoms with Crippen LogP contribution in [0.25, 0.3) is 0 Å². The van der Waals surface area contributed by atoms with Crippen LogP contribution in [-0.4, -0.2) is 58.1 Å². The summed E-state index contributed by atoms with van der Waals surface area (Å²) in [6, 6.07) is 0. The van der Waals surface area contributed by atoms with E-state index in [1.807, 2.05) is 0 Å². The zero-order valence-corrected chi connectivity index (χ0v) is 10.4. The summed E-state index contributed by atoms with van der Waals surface area (Å²) in [6.45, 7) is 0. The summed E-state index contributed by atoms with van der Waals surface area (Å²) in [7, 11) is -13.7. The molecule has 0 radical (unpaired) electrons. The molecule has 0 amide bonds. The predicted octanol–water partition coefficient (Wildman–Crippen LogP) is -2.21. The van der Waals surface area contributed by atoms with Crippen LogP contribution in [0.2, 0.25) is 0 Å². The first-order valence-electron chi connectivity index (χ1n) is 3.90. The highest BCUT2D eigenvalue weighted by Crippen LogP contribution is 2.21. The molecule has 1 rings (SSSR count). The Morgan fingerprint density at radius 1 is 0.882 bits per heavy atom. The number of rotatable bonds is 4. The molecular weight excluding hydrogens is 304 g/mol. The molecule has 0 aliphatic carbocycles. The minimum absolute atomic E-state index is 0.854. The zero-order chi connectivity index (χ0) is 13.5. The van der Waals surface area contributed by atoms with Gasteiger partial charge in [0.15, 0.2) is 9.84 Å². The smallest absolute Gasteiger partial charge is 0.264 e. The largest absolute Gasteiger partial charge is 0.397 e. The van der Waals surface area contributed by atoms with Crippen molar-refractivity contribution in [2.75, 3.05) is 11.5 Å². The fraction of sp³-hybridized carbons (Fsp3) is 1.00. The highest BCUT2D eigenvalue weighted by atomic mass is 32.3. The lowest BCUT2D eigenvalue weighted by molar-refractivity contribution is 0.0807. The average Bonchev–Trinajstić information content (AvgIpc) is 2.17. The van der Waals surface area contributed by atoms with Crippen molar-refractivity contribution >= 4 is 30.6 Å². The maximum atomic E-state index is 11.1. The summed E-state index contributed by atoms with van der Waals surface area (Å²) in [5, 5.41) is 0. The van der Waals surface area contributed by atoms with E-state index in [2.05, 4.69) is 8.37 Å². The van der Waals surface area contributed by atoms with E-state index in [1.165, 1.54) is 0 Å². The molecule has 1 aliphatic heterocycles. The van der Waals surface area contributed by atoms with Crippen molar-refractivity contribution < 1.29 is 42.7 Å². The van der Waals surface area contributed by atoms with E-state index in [0.29, 0.717) is 0 Å². The van der Waals surface area contributed by atoms with Crippen molar-refractivity contribution in [1.82, 2.24) is 0 Å². The van der Waals surface area contributed by atoms with Gasteiger partial charge in [0.25, 0.3) is 0 Å². The van der Waals surface area contributed by atoms with Gasteiger partial charge in [0.2, 0.25) is 0 Å². The number of sulfone groups is 1. The third kappa shape index (κ3) is 5.24. The van der Waals surface area contributed by atoms with Crippen LogP contribution in [0.5, 0.6) is 0 Å². The Balaban J connectivity index is 2.94. The lowest BCUT2D eigenvalue weighted by atomic mass is 10.3. The van der Waals surface area contributed by atoms with E-state index < -0.39 is 54.3 Å². The molecular formula is C4H8O10S3. The molecule has 0 aromatic carbocycles. The van der Waals surface area contributed by atoms with E-state index >= 15 is 0 Å². The topological polar surface area (TPSA) is 161 Å². The molecule has 10 nitrogen and oxygen atoms in total. The van der Waals surface area contributed by atoms with Gasteiger partial charge in [-0.2, -0.15) is 16.8 Å². The second kappa shape index (κ2) is 4.42. The van der Waals surface area contributed by atoms with Gasteiger partial charge in [0.05, 0.1) is 11.5 Å². The summed E-state index contributed by atoms with van der Waals surface area (Å²) >= 11 is 0. The molecule has 2 N–H and O–H groups in total. The molecule has 0 aromatic heterocycles. The molecule has 102 valence electrons. The van der Waals surface area contributed by atoms with Crippen LogP contribution < -0.4 is 0 Å². The van der Waals surface area contributed by atoms with Crippen molar-refractivity contribution in [3.8, 4) is 0 Å². The van der Waals surface area contributed by atoms with Crippen molar-refractivity contribution in [1.29, 1.82) is 0 Å². The summed E-state index contributed by atoms with van der Waals surface area (Å²) in [5.74, 6) is -1.71. The SMILES string of the molecule is O=S1(=O)C[C@H](OS(=O)(=O)O)[C@H](OS(=O)(=O)O)C1. The molecule has 2 atom stereocenters. The maximum Gasteiger partial charge on any atom is 0.397 e. The Morgan fingerprint density at radius 2 is 1.18 bits per heavy atom. The Bertz CT molecular complexity index is 533. The molecule has 0 spiro atoms. The van der Waals surface area contributed by atoms with Crippen LogP contribution in [0, 0.1) is 0 Å². The third-order valence-electron chi connectivity index (χ3n) is 1.74. The first-order chi connectivity index (χ1) is 7.38. The predicted molar refractivity (Wildman–Crippen MR) is 51.5 cm³/mol. The highest BCUT2D eigenvalue weighted by Gasteiger charge is 2.44. The van der Waals surface area contributed by atoms with Gasteiger partial charge in [-0.1, -0.05) is 0 Å². The molecule has 13 heteroatoms. The molecule has 1 heterocycles. The molecule has 0 saturated carbocycles. The van der Waals surface area contributed by atoms with E-state index in [1.54, 1.807) is 0 Å². The fourth-order valence-electron chi connectivity index (χ4n) is 1.28. The normalized spacial score (nSPS) is 29.3. The summed E-state index contributed by atoms with van der Waals surface area (Å²) in [5.41, 5.74) is 0.